The van der Waals surface area contributed by atoms with E-state index in [1.807, 2.05) is 0 Å². The Morgan fingerprint density at radius 2 is 2.10 bits per heavy atom. The number of carbonyl (C=O) groups excluding carboxylic acids is 2. The van der Waals surface area contributed by atoms with Crippen molar-refractivity contribution in [1.82, 2.24) is 4.98 Å². The number of halogens is 2. The van der Waals surface area contributed by atoms with E-state index in [1.54, 1.807) is 0 Å². The lowest BCUT2D eigenvalue weighted by atomic mass is 9.92. The predicted octanol–water partition coefficient (Wildman–Crippen LogP) is 1.27. The molecule has 1 atom stereocenters. The molecule has 3 rings (SSSR count). The van der Waals surface area contributed by atoms with Gasteiger partial charge in [-0.3, -0.25) is 19.3 Å². The predicted molar refractivity (Wildman–Crippen MR) is 65.2 cm³/mol. The van der Waals surface area contributed by atoms with Crippen molar-refractivity contribution < 1.29 is 23.9 Å². The van der Waals surface area contributed by atoms with Gasteiger partial charge >= 0.3 is 5.97 Å². The quantitative estimate of drug-likeness (QED) is 0.656. The van der Waals surface area contributed by atoms with Crippen molar-refractivity contribution in [3.8, 4) is 0 Å². The number of rotatable bonds is 2. The lowest BCUT2D eigenvalue weighted by Gasteiger charge is -2.30. The molecule has 1 amide bonds. The number of hydrogen-bond donors (Lipinski definition) is 1. The second-order valence-corrected chi connectivity index (χ2v) is 5.07. The third-order valence-electron chi connectivity index (χ3n) is 3.31. The van der Waals surface area contributed by atoms with Crippen LogP contribution < -0.4 is 4.90 Å². The van der Waals surface area contributed by atoms with Gasteiger partial charge < -0.3 is 5.11 Å². The fourth-order valence-electron chi connectivity index (χ4n) is 2.24. The van der Waals surface area contributed by atoms with Gasteiger partial charge in [-0.2, -0.15) is 0 Å². The first-order valence-corrected chi connectivity index (χ1v) is 6.25. The van der Waals surface area contributed by atoms with E-state index in [-0.39, 0.29) is 17.4 Å². The first-order chi connectivity index (χ1) is 9.41. The SMILES string of the molecule is O=C(O)C1C(=O)c2cc(F)c(Cl)nc2N(C2CC2)C1=O. The number of fused-ring (bicyclic) bond motifs is 1. The highest BCUT2D eigenvalue weighted by Crippen LogP contribution is 2.39. The van der Waals surface area contributed by atoms with Crippen LogP contribution in [0.3, 0.4) is 0 Å². The number of amides is 1. The van der Waals surface area contributed by atoms with Crippen LogP contribution in [0.15, 0.2) is 6.07 Å². The maximum absolute atomic E-state index is 13.5. The molecular weight excluding hydrogens is 291 g/mol. The number of carbonyl (C=O) groups is 3. The maximum atomic E-state index is 13.5. The van der Waals surface area contributed by atoms with Crippen LogP contribution in [0, 0.1) is 11.7 Å². The van der Waals surface area contributed by atoms with Crippen LogP contribution in [0.4, 0.5) is 10.2 Å². The van der Waals surface area contributed by atoms with E-state index in [0.717, 1.165) is 11.0 Å². The van der Waals surface area contributed by atoms with E-state index in [0.29, 0.717) is 12.8 Å². The number of Topliss-reactive ketones (excluding diaryl/α,β-unsaturated/α-hetero) is 1. The molecule has 104 valence electrons. The molecule has 0 saturated heterocycles. The summed E-state index contributed by atoms with van der Waals surface area (Å²) < 4.78 is 13.5. The van der Waals surface area contributed by atoms with Gasteiger partial charge in [0.1, 0.15) is 5.82 Å². The number of hydrogen-bond acceptors (Lipinski definition) is 4. The Kier molecular flexibility index (Phi) is 2.75. The fraction of sp³-hybridized carbons (Fsp3) is 0.333. The molecule has 2 aliphatic rings. The first-order valence-electron chi connectivity index (χ1n) is 5.88. The number of aromatic nitrogens is 1. The Bertz CT molecular complexity index is 659. The maximum Gasteiger partial charge on any atom is 0.324 e. The van der Waals surface area contributed by atoms with E-state index in [9.17, 15) is 18.8 Å². The van der Waals surface area contributed by atoms with Crippen LogP contribution in [-0.4, -0.2) is 33.8 Å². The molecule has 1 aliphatic heterocycles. The molecule has 1 fully saturated rings. The molecule has 0 radical (unpaired) electrons. The van der Waals surface area contributed by atoms with Gasteiger partial charge in [0.25, 0.3) is 5.91 Å². The largest absolute Gasteiger partial charge is 0.480 e. The zero-order chi connectivity index (χ0) is 14.6. The summed E-state index contributed by atoms with van der Waals surface area (Å²) in [6, 6.07) is 0.635. The van der Waals surface area contributed by atoms with Gasteiger partial charge in [0.15, 0.2) is 22.7 Å². The minimum Gasteiger partial charge on any atom is -0.480 e. The summed E-state index contributed by atoms with van der Waals surface area (Å²) in [6.45, 7) is 0. The van der Waals surface area contributed by atoms with Gasteiger partial charge in [-0.05, 0) is 18.9 Å². The van der Waals surface area contributed by atoms with Gasteiger partial charge in [-0.25, -0.2) is 9.37 Å². The summed E-state index contributed by atoms with van der Waals surface area (Å²) >= 11 is 5.58. The van der Waals surface area contributed by atoms with Crippen LogP contribution in [0.5, 0.6) is 0 Å². The van der Waals surface area contributed by atoms with Crippen molar-refractivity contribution in [3.05, 3.63) is 22.6 Å². The molecule has 1 aromatic heterocycles. The third kappa shape index (κ3) is 1.77. The van der Waals surface area contributed by atoms with E-state index in [1.165, 1.54) is 0 Å². The van der Waals surface area contributed by atoms with Crippen molar-refractivity contribution in [2.75, 3.05) is 4.90 Å². The Labute approximate surface area is 117 Å². The first kappa shape index (κ1) is 13.0. The van der Waals surface area contributed by atoms with Crippen molar-refractivity contribution in [2.45, 2.75) is 18.9 Å². The number of anilines is 1. The van der Waals surface area contributed by atoms with Crippen LogP contribution in [0.25, 0.3) is 0 Å². The second kappa shape index (κ2) is 4.24. The summed E-state index contributed by atoms with van der Waals surface area (Å²) in [5.41, 5.74) is -0.217. The number of aliphatic carboxylic acids is 1. The lowest BCUT2D eigenvalue weighted by molar-refractivity contribution is -0.144. The molecule has 1 aliphatic carbocycles. The molecule has 0 spiro atoms. The second-order valence-electron chi connectivity index (χ2n) is 4.71. The van der Waals surface area contributed by atoms with Gasteiger partial charge in [0, 0.05) is 6.04 Å². The summed E-state index contributed by atoms with van der Waals surface area (Å²) in [4.78, 5) is 40.2. The molecule has 6 nitrogen and oxygen atoms in total. The van der Waals surface area contributed by atoms with Crippen LogP contribution in [0.1, 0.15) is 23.2 Å². The number of carboxylic acid groups (broad SMARTS) is 1. The highest BCUT2D eigenvalue weighted by Gasteiger charge is 2.49. The van der Waals surface area contributed by atoms with Crippen LogP contribution >= 0.6 is 11.6 Å². The zero-order valence-electron chi connectivity index (χ0n) is 9.97. The third-order valence-corrected chi connectivity index (χ3v) is 3.58. The highest BCUT2D eigenvalue weighted by molar-refractivity contribution is 6.32. The van der Waals surface area contributed by atoms with Crippen molar-refractivity contribution >= 4 is 35.1 Å². The summed E-state index contributed by atoms with van der Waals surface area (Å²) in [5, 5.41) is 8.59. The van der Waals surface area contributed by atoms with Crippen LogP contribution in [-0.2, 0) is 9.59 Å². The lowest BCUT2D eigenvalue weighted by Crippen LogP contribution is -2.49. The molecule has 0 bridgehead atoms. The van der Waals surface area contributed by atoms with Crippen molar-refractivity contribution in [1.29, 1.82) is 0 Å². The fourth-order valence-corrected chi connectivity index (χ4v) is 2.37. The molecule has 8 heteroatoms. The average Bonchev–Trinajstić information content (AvgIpc) is 3.16. The van der Waals surface area contributed by atoms with E-state index in [4.69, 9.17) is 16.7 Å². The number of carboxylic acids is 1. The molecule has 0 aromatic carbocycles. The number of pyridine rings is 1. The average molecular weight is 299 g/mol. The topological polar surface area (TPSA) is 87.6 Å². The molecular formula is C12H8ClFN2O4. The normalized spacial score (nSPS) is 21.9. The van der Waals surface area contributed by atoms with Crippen LogP contribution in [0.2, 0.25) is 5.15 Å². The summed E-state index contributed by atoms with van der Waals surface area (Å²) in [7, 11) is 0. The monoisotopic (exact) mass is 298 g/mol. The number of nitrogens with zero attached hydrogens (tertiary/aromatic N) is 2. The minimum atomic E-state index is -1.84. The van der Waals surface area contributed by atoms with Gasteiger partial charge in [0.05, 0.1) is 5.56 Å². The summed E-state index contributed by atoms with van der Waals surface area (Å²) in [5.74, 6) is -6.17. The Morgan fingerprint density at radius 3 is 2.65 bits per heavy atom. The molecule has 1 saturated carbocycles. The van der Waals surface area contributed by atoms with E-state index < -0.39 is 34.5 Å². The standard InChI is InChI=1S/C12H8ClFN2O4/c13-9-6(14)3-5-8(17)7(12(19)20)11(18)16(4-1-2-4)10(5)15-9/h3-4,7H,1-2H2,(H,19,20). The Morgan fingerprint density at radius 1 is 1.45 bits per heavy atom. The minimum absolute atomic E-state index is 0.0496. The molecule has 1 N–H and O–H groups in total. The van der Waals surface area contributed by atoms with Gasteiger partial charge in [0.2, 0.25) is 0 Å². The van der Waals surface area contributed by atoms with Crippen molar-refractivity contribution in [2.24, 2.45) is 5.92 Å². The molecule has 1 unspecified atom stereocenters. The van der Waals surface area contributed by atoms with E-state index >= 15 is 0 Å². The number of ketones is 1. The van der Waals surface area contributed by atoms with Gasteiger partial charge in [-0.1, -0.05) is 11.6 Å². The zero-order valence-corrected chi connectivity index (χ0v) is 10.7. The van der Waals surface area contributed by atoms with E-state index in [2.05, 4.69) is 4.98 Å². The van der Waals surface area contributed by atoms with Crippen molar-refractivity contribution in [3.63, 3.8) is 0 Å². The van der Waals surface area contributed by atoms with Gasteiger partial charge in [-0.15, -0.1) is 0 Å². The summed E-state index contributed by atoms with van der Waals surface area (Å²) in [6.07, 6.45) is 1.37. The molecule has 1 aromatic rings. The Balaban J connectivity index is 2.21. The Hall–Kier alpha value is -2.02. The molecule has 2 heterocycles. The molecule has 20 heavy (non-hydrogen) atoms. The highest BCUT2D eigenvalue weighted by atomic mass is 35.5. The smallest absolute Gasteiger partial charge is 0.324 e.